The number of benzene rings is 3. The van der Waals surface area contributed by atoms with Gasteiger partial charge < -0.3 is 14.2 Å². The molecule has 1 unspecified atom stereocenters. The summed E-state index contributed by atoms with van der Waals surface area (Å²) in [4.78, 5) is 0. The fourth-order valence-corrected chi connectivity index (χ4v) is 8.32. The highest BCUT2D eigenvalue weighted by Gasteiger charge is 2.22. The Morgan fingerprint density at radius 3 is 2.43 bits per heavy atom. The van der Waals surface area contributed by atoms with Crippen LogP contribution < -0.4 is 30.7 Å². The van der Waals surface area contributed by atoms with Gasteiger partial charge in [0.2, 0.25) is 0 Å². The first kappa shape index (κ1) is 27.4. The molecule has 3 aromatic carbocycles. The van der Waals surface area contributed by atoms with Gasteiger partial charge in [0.1, 0.15) is 18.1 Å². The lowest BCUT2D eigenvalue weighted by Gasteiger charge is -2.25. The molecular weight excluding hydrogens is 777 g/mol. The Bertz CT molecular complexity index is 1150. The largest absolute Gasteiger partial charge is 0.489 e. The molecule has 1 fully saturated rings. The van der Waals surface area contributed by atoms with Gasteiger partial charge in [-0.1, -0.05) is 32.9 Å². The van der Waals surface area contributed by atoms with Crippen molar-refractivity contribution in [1.82, 2.24) is 0 Å². The Morgan fingerprint density at radius 1 is 1.00 bits per heavy atom. The molecule has 6 heteroatoms. The summed E-state index contributed by atoms with van der Waals surface area (Å²) in [6.07, 6.45) is 3.02. The SMILES string of the molecule is Cc1cc(OCc2cc(I)cc(I)c2OC2CCCCO2)ccc1[I+]c1ccc(C(C)(C)C)cc1. The van der Waals surface area contributed by atoms with Gasteiger partial charge >= 0.3 is 21.2 Å². The average molecular weight is 809 g/mol. The molecule has 0 radical (unpaired) electrons. The van der Waals surface area contributed by atoms with E-state index in [1.54, 1.807) is 0 Å². The second-order valence-corrected chi connectivity index (χ2v) is 15.2. The van der Waals surface area contributed by atoms with Gasteiger partial charge in [-0.05, 0) is 118 Å². The molecule has 1 atom stereocenters. The normalized spacial score (nSPS) is 16.2. The molecule has 0 N–H and O–H groups in total. The third kappa shape index (κ3) is 7.70. The van der Waals surface area contributed by atoms with E-state index in [0.29, 0.717) is 6.61 Å². The first-order chi connectivity index (χ1) is 16.7. The van der Waals surface area contributed by atoms with E-state index in [2.05, 4.69) is 127 Å². The van der Waals surface area contributed by atoms with E-state index in [-0.39, 0.29) is 32.9 Å². The van der Waals surface area contributed by atoms with Crippen molar-refractivity contribution in [1.29, 1.82) is 0 Å². The fraction of sp³-hybridized carbons (Fsp3) is 0.379. The van der Waals surface area contributed by atoms with Gasteiger partial charge in [0.15, 0.2) is 13.4 Å². The minimum atomic E-state index is -0.226. The lowest BCUT2D eigenvalue weighted by molar-refractivity contribution is -0.598. The molecule has 0 aromatic heterocycles. The quantitative estimate of drug-likeness (QED) is 0.311. The molecule has 3 aromatic rings. The van der Waals surface area contributed by atoms with Crippen molar-refractivity contribution in [3.63, 3.8) is 0 Å². The second kappa shape index (κ2) is 12.3. The van der Waals surface area contributed by atoms with Crippen molar-refractivity contribution in [3.8, 4) is 11.5 Å². The maximum Gasteiger partial charge on any atom is 0.358 e. The van der Waals surface area contributed by atoms with E-state index in [1.165, 1.54) is 21.8 Å². The predicted molar refractivity (Wildman–Crippen MR) is 154 cm³/mol. The van der Waals surface area contributed by atoms with Crippen LogP contribution in [0.5, 0.6) is 11.5 Å². The molecular formula is C29H32I3O3+. The number of ether oxygens (including phenoxy) is 3. The molecule has 3 nitrogen and oxygen atoms in total. The van der Waals surface area contributed by atoms with E-state index in [0.717, 1.165) is 46.5 Å². The summed E-state index contributed by atoms with van der Waals surface area (Å²) in [5.41, 5.74) is 3.92. The molecule has 1 aliphatic rings. The number of hydrogen-bond donors (Lipinski definition) is 0. The van der Waals surface area contributed by atoms with Gasteiger partial charge in [0, 0.05) is 21.1 Å². The fourth-order valence-electron chi connectivity index (χ4n) is 3.89. The predicted octanol–water partition coefficient (Wildman–Crippen LogP) is 5.11. The Labute approximate surface area is 247 Å². The van der Waals surface area contributed by atoms with E-state index in [4.69, 9.17) is 14.2 Å². The van der Waals surface area contributed by atoms with Gasteiger partial charge in [-0.15, -0.1) is 0 Å². The lowest BCUT2D eigenvalue weighted by Crippen LogP contribution is -3.61. The molecule has 1 heterocycles. The maximum absolute atomic E-state index is 6.29. The first-order valence-electron chi connectivity index (χ1n) is 11.9. The molecule has 0 bridgehead atoms. The Balaban J connectivity index is 1.44. The van der Waals surface area contributed by atoms with Crippen LogP contribution in [0.4, 0.5) is 0 Å². The molecule has 4 rings (SSSR count). The van der Waals surface area contributed by atoms with Crippen LogP contribution in [-0.2, 0) is 16.8 Å². The van der Waals surface area contributed by atoms with Crippen LogP contribution in [0.3, 0.4) is 0 Å². The zero-order valence-electron chi connectivity index (χ0n) is 20.7. The summed E-state index contributed by atoms with van der Waals surface area (Å²) in [5, 5.41) is 0. The van der Waals surface area contributed by atoms with Gasteiger partial charge in [0.25, 0.3) is 0 Å². The smallest absolute Gasteiger partial charge is 0.358 e. The summed E-state index contributed by atoms with van der Waals surface area (Å²) in [6.45, 7) is 10.2. The van der Waals surface area contributed by atoms with E-state index in [9.17, 15) is 0 Å². The zero-order chi connectivity index (χ0) is 25.0. The van der Waals surface area contributed by atoms with Crippen LogP contribution >= 0.6 is 45.2 Å². The van der Waals surface area contributed by atoms with E-state index >= 15 is 0 Å². The monoisotopic (exact) mass is 809 g/mol. The van der Waals surface area contributed by atoms with Crippen LogP contribution in [-0.4, -0.2) is 12.9 Å². The van der Waals surface area contributed by atoms with Crippen LogP contribution in [0.1, 0.15) is 56.7 Å². The highest BCUT2D eigenvalue weighted by Crippen LogP contribution is 2.32. The summed E-state index contributed by atoms with van der Waals surface area (Å²) < 4.78 is 23.5. The molecule has 1 aliphatic heterocycles. The highest BCUT2D eigenvalue weighted by atomic mass is 127. The topological polar surface area (TPSA) is 27.7 Å². The summed E-state index contributed by atoms with van der Waals surface area (Å²) in [7, 11) is 0. The van der Waals surface area contributed by atoms with Crippen LogP contribution in [0.25, 0.3) is 0 Å². The summed E-state index contributed by atoms with van der Waals surface area (Å²) in [5.74, 6) is 1.78. The molecule has 0 spiro atoms. The maximum atomic E-state index is 6.29. The number of rotatable bonds is 7. The van der Waals surface area contributed by atoms with Gasteiger partial charge in [-0.3, -0.25) is 0 Å². The number of halogens is 3. The lowest BCUT2D eigenvalue weighted by atomic mass is 9.87. The number of aryl methyl sites for hydroxylation is 1. The van der Waals surface area contributed by atoms with Gasteiger partial charge in [-0.25, -0.2) is 0 Å². The molecule has 1 saturated heterocycles. The molecule has 35 heavy (non-hydrogen) atoms. The Kier molecular flexibility index (Phi) is 9.65. The minimum absolute atomic E-state index is 0.168. The van der Waals surface area contributed by atoms with E-state index in [1.807, 2.05) is 0 Å². The van der Waals surface area contributed by atoms with Crippen molar-refractivity contribution in [2.75, 3.05) is 6.61 Å². The molecule has 0 amide bonds. The molecule has 0 saturated carbocycles. The third-order valence-corrected chi connectivity index (χ3v) is 10.5. The summed E-state index contributed by atoms with van der Waals surface area (Å²) in [6, 6.07) is 20.0. The Hall–Kier alpha value is -0.590. The van der Waals surface area contributed by atoms with E-state index < -0.39 is 0 Å². The number of hydrogen-bond acceptors (Lipinski definition) is 3. The van der Waals surface area contributed by atoms with Crippen molar-refractivity contribution < 1.29 is 35.4 Å². The standard InChI is InChI=1S/C29H32I3O3/c1-19-15-24(12-13-26(19)32-23-10-8-21(9-11-23)29(2,3)4)34-18-20-16-22(30)17-25(31)28(20)35-27-7-5-6-14-33-27/h8-13,15-17,27H,5-7,14,18H2,1-4H3/q+1. The summed E-state index contributed by atoms with van der Waals surface area (Å²) >= 11 is 4.48. The van der Waals surface area contributed by atoms with Gasteiger partial charge in [0.05, 0.1) is 10.2 Å². The Morgan fingerprint density at radius 2 is 1.77 bits per heavy atom. The van der Waals surface area contributed by atoms with Crippen LogP contribution in [0.2, 0.25) is 0 Å². The van der Waals surface area contributed by atoms with Crippen LogP contribution in [0.15, 0.2) is 54.6 Å². The van der Waals surface area contributed by atoms with Gasteiger partial charge in [-0.2, -0.15) is 0 Å². The third-order valence-electron chi connectivity index (χ3n) is 5.92. The molecule has 186 valence electrons. The first-order valence-corrected chi connectivity index (χ1v) is 16.3. The van der Waals surface area contributed by atoms with Crippen molar-refractivity contribution in [3.05, 3.63) is 85.6 Å². The van der Waals surface area contributed by atoms with Crippen molar-refractivity contribution in [2.45, 2.75) is 65.3 Å². The highest BCUT2D eigenvalue weighted by molar-refractivity contribution is 14.1. The minimum Gasteiger partial charge on any atom is -0.489 e. The van der Waals surface area contributed by atoms with Crippen molar-refractivity contribution >= 4 is 45.2 Å². The van der Waals surface area contributed by atoms with Crippen LogP contribution in [0, 0.1) is 21.2 Å². The molecule has 0 aliphatic carbocycles. The second-order valence-electron chi connectivity index (χ2n) is 9.84. The average Bonchev–Trinajstić information content (AvgIpc) is 2.81. The zero-order valence-corrected chi connectivity index (χ0v) is 27.1. The van der Waals surface area contributed by atoms with Crippen molar-refractivity contribution in [2.24, 2.45) is 0 Å².